The average molecular weight is 279 g/mol. The summed E-state index contributed by atoms with van der Waals surface area (Å²) in [5, 5.41) is 3.39. The van der Waals surface area contributed by atoms with E-state index in [2.05, 4.69) is 11.4 Å². The number of carbonyl (C=O) groups is 1. The van der Waals surface area contributed by atoms with E-state index < -0.39 is 5.54 Å². The molecule has 0 spiro atoms. The van der Waals surface area contributed by atoms with Crippen LogP contribution in [-0.4, -0.2) is 26.2 Å². The van der Waals surface area contributed by atoms with Crippen LogP contribution in [0.25, 0.3) is 0 Å². The summed E-state index contributed by atoms with van der Waals surface area (Å²) in [6.07, 6.45) is 0.272. The molecule has 1 aromatic rings. The van der Waals surface area contributed by atoms with Gasteiger partial charge < -0.3 is 14.8 Å². The Morgan fingerprint density at radius 1 is 1.35 bits per heavy atom. The first-order valence-electron chi connectivity index (χ1n) is 7.02. The van der Waals surface area contributed by atoms with Gasteiger partial charge in [0.2, 0.25) is 0 Å². The van der Waals surface area contributed by atoms with Crippen LogP contribution in [0.1, 0.15) is 38.3 Å². The summed E-state index contributed by atoms with van der Waals surface area (Å²) in [7, 11) is 1.64. The van der Waals surface area contributed by atoms with E-state index in [1.807, 2.05) is 39.8 Å². The first-order valence-corrected chi connectivity index (χ1v) is 7.02. The minimum atomic E-state index is -0.502. The number of aryl methyl sites for hydroxylation is 1. The maximum absolute atomic E-state index is 11.9. The van der Waals surface area contributed by atoms with Gasteiger partial charge in [-0.05, 0) is 33.4 Å². The number of carbonyl (C=O) groups excluding carboxylic acids is 1. The highest BCUT2D eigenvalue weighted by Crippen LogP contribution is 2.33. The molecule has 1 N–H and O–H groups in total. The maximum Gasteiger partial charge on any atom is 0.307 e. The van der Waals surface area contributed by atoms with Crippen molar-refractivity contribution in [2.75, 3.05) is 20.3 Å². The van der Waals surface area contributed by atoms with Crippen molar-refractivity contribution in [1.82, 2.24) is 5.32 Å². The zero-order valence-corrected chi connectivity index (χ0v) is 13.1. The van der Waals surface area contributed by atoms with Crippen LogP contribution in [0.4, 0.5) is 0 Å². The number of rotatable bonds is 7. The average Bonchev–Trinajstić information content (AvgIpc) is 2.39. The van der Waals surface area contributed by atoms with Crippen LogP contribution < -0.4 is 10.1 Å². The van der Waals surface area contributed by atoms with Crippen LogP contribution in [0.2, 0.25) is 0 Å². The molecule has 4 heteroatoms. The number of ether oxygens (including phenoxy) is 2. The van der Waals surface area contributed by atoms with Crippen molar-refractivity contribution >= 4 is 5.97 Å². The molecule has 0 saturated heterocycles. The molecule has 0 bridgehead atoms. The highest BCUT2D eigenvalue weighted by atomic mass is 16.5. The normalized spacial score (nSPS) is 13.7. The Labute approximate surface area is 121 Å². The van der Waals surface area contributed by atoms with E-state index in [0.717, 1.165) is 23.4 Å². The van der Waals surface area contributed by atoms with Crippen LogP contribution in [0.15, 0.2) is 18.2 Å². The van der Waals surface area contributed by atoms with Crippen LogP contribution in [-0.2, 0) is 15.1 Å². The third kappa shape index (κ3) is 3.97. The number of hydrogen-bond acceptors (Lipinski definition) is 4. The van der Waals surface area contributed by atoms with Gasteiger partial charge in [0.15, 0.2) is 0 Å². The molecule has 20 heavy (non-hydrogen) atoms. The quantitative estimate of drug-likeness (QED) is 0.780. The summed E-state index contributed by atoms with van der Waals surface area (Å²) >= 11 is 0. The van der Waals surface area contributed by atoms with E-state index in [-0.39, 0.29) is 12.4 Å². The third-order valence-electron chi connectivity index (χ3n) is 3.32. The van der Waals surface area contributed by atoms with Crippen LogP contribution in [0.5, 0.6) is 5.75 Å². The van der Waals surface area contributed by atoms with Crippen molar-refractivity contribution in [3.63, 3.8) is 0 Å². The van der Waals surface area contributed by atoms with Crippen molar-refractivity contribution < 1.29 is 14.3 Å². The van der Waals surface area contributed by atoms with E-state index in [1.54, 1.807) is 7.11 Å². The second kappa shape index (κ2) is 7.29. The molecule has 0 fully saturated rings. The fraction of sp³-hybridized carbons (Fsp3) is 0.562. The number of nitrogens with one attached hydrogen (secondary N) is 1. The van der Waals surface area contributed by atoms with Gasteiger partial charge in [0.05, 0.1) is 25.7 Å². The number of methoxy groups -OCH3 is 1. The highest BCUT2D eigenvalue weighted by molar-refractivity contribution is 5.71. The fourth-order valence-electron chi connectivity index (χ4n) is 2.40. The molecule has 0 amide bonds. The van der Waals surface area contributed by atoms with Crippen molar-refractivity contribution in [3.8, 4) is 5.75 Å². The second-order valence-electron chi connectivity index (χ2n) is 5.05. The Bertz CT molecular complexity index is 459. The van der Waals surface area contributed by atoms with E-state index in [1.165, 1.54) is 0 Å². The van der Waals surface area contributed by atoms with Gasteiger partial charge in [-0.1, -0.05) is 24.6 Å². The first kappa shape index (κ1) is 16.5. The third-order valence-corrected chi connectivity index (χ3v) is 3.32. The van der Waals surface area contributed by atoms with E-state index in [0.29, 0.717) is 6.61 Å². The Morgan fingerprint density at radius 2 is 2.05 bits per heavy atom. The van der Waals surface area contributed by atoms with Crippen molar-refractivity contribution in [2.24, 2.45) is 0 Å². The van der Waals surface area contributed by atoms with Gasteiger partial charge in [-0.15, -0.1) is 0 Å². The molecular weight excluding hydrogens is 254 g/mol. The van der Waals surface area contributed by atoms with Gasteiger partial charge in [0, 0.05) is 5.56 Å². The largest absolute Gasteiger partial charge is 0.496 e. The SMILES string of the molecule is CCNC(C)(CC(=O)OCC)c1cc(C)ccc1OC. The lowest BCUT2D eigenvalue weighted by Crippen LogP contribution is -2.42. The molecule has 0 saturated carbocycles. The summed E-state index contributed by atoms with van der Waals surface area (Å²) in [4.78, 5) is 11.9. The van der Waals surface area contributed by atoms with Crippen molar-refractivity contribution in [1.29, 1.82) is 0 Å². The van der Waals surface area contributed by atoms with Gasteiger partial charge >= 0.3 is 5.97 Å². The molecule has 0 aliphatic heterocycles. The van der Waals surface area contributed by atoms with Crippen LogP contribution in [0.3, 0.4) is 0 Å². The molecule has 1 rings (SSSR count). The molecule has 112 valence electrons. The molecule has 1 unspecified atom stereocenters. The Kier molecular flexibility index (Phi) is 6.02. The molecular formula is C16H25NO3. The lowest BCUT2D eigenvalue weighted by Gasteiger charge is -2.32. The molecule has 0 heterocycles. The van der Waals surface area contributed by atoms with Crippen molar-refractivity contribution in [3.05, 3.63) is 29.3 Å². The van der Waals surface area contributed by atoms with Crippen LogP contribution in [0, 0.1) is 6.92 Å². The smallest absolute Gasteiger partial charge is 0.307 e. The summed E-state index contributed by atoms with van der Waals surface area (Å²) in [6, 6.07) is 5.99. The van der Waals surface area contributed by atoms with E-state index in [9.17, 15) is 4.79 Å². The van der Waals surface area contributed by atoms with Gasteiger partial charge in [-0.25, -0.2) is 0 Å². The lowest BCUT2D eigenvalue weighted by atomic mass is 9.86. The summed E-state index contributed by atoms with van der Waals surface area (Å²) in [5.74, 6) is 0.572. The Morgan fingerprint density at radius 3 is 2.60 bits per heavy atom. The minimum absolute atomic E-state index is 0.209. The predicted molar refractivity (Wildman–Crippen MR) is 80.0 cm³/mol. The maximum atomic E-state index is 11.9. The summed E-state index contributed by atoms with van der Waals surface area (Å²) in [5.41, 5.74) is 1.61. The number of benzene rings is 1. The Balaban J connectivity index is 3.17. The predicted octanol–water partition coefficient (Wildman–Crippen LogP) is 2.78. The van der Waals surface area contributed by atoms with Gasteiger partial charge in [-0.3, -0.25) is 4.79 Å². The molecule has 0 aromatic heterocycles. The van der Waals surface area contributed by atoms with Crippen LogP contribution >= 0.6 is 0 Å². The molecule has 0 aliphatic rings. The van der Waals surface area contributed by atoms with Crippen molar-refractivity contribution in [2.45, 2.75) is 39.7 Å². The molecule has 1 aromatic carbocycles. The fourth-order valence-corrected chi connectivity index (χ4v) is 2.40. The van der Waals surface area contributed by atoms with Gasteiger partial charge in [0.25, 0.3) is 0 Å². The summed E-state index contributed by atoms with van der Waals surface area (Å²) in [6.45, 7) is 9.02. The molecule has 0 aliphatic carbocycles. The Hall–Kier alpha value is -1.55. The standard InChI is InChI=1S/C16H25NO3/c1-6-17-16(4,11-15(18)20-7-2)13-10-12(3)8-9-14(13)19-5/h8-10,17H,6-7,11H2,1-5H3. The monoisotopic (exact) mass is 279 g/mol. The molecule has 1 atom stereocenters. The second-order valence-corrected chi connectivity index (χ2v) is 5.05. The zero-order chi connectivity index (χ0) is 15.2. The number of hydrogen-bond donors (Lipinski definition) is 1. The minimum Gasteiger partial charge on any atom is -0.496 e. The van der Waals surface area contributed by atoms with E-state index in [4.69, 9.17) is 9.47 Å². The topological polar surface area (TPSA) is 47.6 Å². The van der Waals surface area contributed by atoms with Gasteiger partial charge in [-0.2, -0.15) is 0 Å². The van der Waals surface area contributed by atoms with E-state index >= 15 is 0 Å². The number of esters is 1. The summed E-state index contributed by atoms with van der Waals surface area (Å²) < 4.78 is 10.5. The first-order chi connectivity index (χ1) is 9.46. The molecule has 0 radical (unpaired) electrons. The highest BCUT2D eigenvalue weighted by Gasteiger charge is 2.32. The lowest BCUT2D eigenvalue weighted by molar-refractivity contribution is -0.144. The zero-order valence-electron chi connectivity index (χ0n) is 13.1. The van der Waals surface area contributed by atoms with Gasteiger partial charge in [0.1, 0.15) is 5.75 Å². The molecule has 4 nitrogen and oxygen atoms in total.